The second kappa shape index (κ2) is 7.43. The predicted molar refractivity (Wildman–Crippen MR) is 112 cm³/mol. The first-order valence-electron chi connectivity index (χ1n) is 9.63. The Morgan fingerprint density at radius 1 is 1.04 bits per heavy atom. The molecule has 4 aromatic rings. The van der Waals surface area contributed by atoms with Gasteiger partial charge < -0.3 is 4.74 Å². The molecule has 1 fully saturated rings. The smallest absolute Gasteiger partial charge is 0.195 e. The maximum Gasteiger partial charge on any atom is 0.195 e. The van der Waals surface area contributed by atoms with Crippen molar-refractivity contribution < 1.29 is 4.74 Å². The fourth-order valence-corrected chi connectivity index (χ4v) is 4.85. The summed E-state index contributed by atoms with van der Waals surface area (Å²) in [4.78, 5) is 8.41. The molecule has 0 N–H and O–H groups in total. The van der Waals surface area contributed by atoms with E-state index in [1.165, 1.54) is 27.8 Å². The highest BCUT2D eigenvalue weighted by Gasteiger charge is 2.12. The van der Waals surface area contributed by atoms with E-state index in [0.717, 1.165) is 49.9 Å². The lowest BCUT2D eigenvalue weighted by Crippen LogP contribution is -2.36. The SMILES string of the molecule is c1ccc(-c2cn3c(n2)sc2cc(CCCN4CCOCC4)ccc23)cc1. The Hall–Kier alpha value is -2.21. The van der Waals surface area contributed by atoms with Crippen LogP contribution in [0.5, 0.6) is 0 Å². The van der Waals surface area contributed by atoms with Crippen molar-refractivity contribution in [2.75, 3.05) is 32.8 Å². The van der Waals surface area contributed by atoms with Gasteiger partial charge in [0.1, 0.15) is 0 Å². The molecule has 0 atom stereocenters. The van der Waals surface area contributed by atoms with Gasteiger partial charge in [-0.3, -0.25) is 9.30 Å². The Bertz CT molecular complexity index is 1050. The third-order valence-electron chi connectivity index (χ3n) is 5.27. The number of hydrogen-bond donors (Lipinski definition) is 0. The summed E-state index contributed by atoms with van der Waals surface area (Å²) in [5.41, 5.74) is 4.88. The van der Waals surface area contributed by atoms with E-state index >= 15 is 0 Å². The quantitative estimate of drug-likeness (QED) is 0.514. The van der Waals surface area contributed by atoms with Crippen molar-refractivity contribution in [2.45, 2.75) is 12.8 Å². The van der Waals surface area contributed by atoms with Crippen LogP contribution in [0.25, 0.3) is 26.4 Å². The summed E-state index contributed by atoms with van der Waals surface area (Å²) >= 11 is 1.78. The maximum atomic E-state index is 5.42. The van der Waals surface area contributed by atoms with Gasteiger partial charge in [0.25, 0.3) is 0 Å². The van der Waals surface area contributed by atoms with Crippen LogP contribution in [0.1, 0.15) is 12.0 Å². The van der Waals surface area contributed by atoms with Crippen LogP contribution in [0.15, 0.2) is 54.7 Å². The molecule has 1 aliphatic heterocycles. The van der Waals surface area contributed by atoms with Gasteiger partial charge in [0.05, 0.1) is 29.1 Å². The fourth-order valence-electron chi connectivity index (χ4n) is 3.78. The first-order chi connectivity index (χ1) is 13.4. The number of thiazole rings is 1. The Morgan fingerprint density at radius 2 is 1.89 bits per heavy atom. The molecule has 0 unspecified atom stereocenters. The molecule has 0 aliphatic carbocycles. The highest BCUT2D eigenvalue weighted by Crippen LogP contribution is 2.30. The number of morpholine rings is 1. The summed E-state index contributed by atoms with van der Waals surface area (Å²) in [6.45, 7) is 5.07. The number of ether oxygens (including phenoxy) is 1. The number of imidazole rings is 1. The highest BCUT2D eigenvalue weighted by molar-refractivity contribution is 7.23. The van der Waals surface area contributed by atoms with Crippen LogP contribution in [-0.4, -0.2) is 47.1 Å². The number of aryl methyl sites for hydroxylation is 1. The number of rotatable bonds is 5. The number of nitrogens with zero attached hydrogens (tertiary/aromatic N) is 3. The monoisotopic (exact) mass is 377 g/mol. The Balaban J connectivity index is 1.33. The van der Waals surface area contributed by atoms with Crippen LogP contribution < -0.4 is 0 Å². The van der Waals surface area contributed by atoms with E-state index < -0.39 is 0 Å². The van der Waals surface area contributed by atoms with Gasteiger partial charge in [-0.2, -0.15) is 0 Å². The molecule has 0 bridgehead atoms. The van der Waals surface area contributed by atoms with Crippen molar-refractivity contribution in [3.05, 3.63) is 60.3 Å². The first kappa shape index (κ1) is 16.9. The van der Waals surface area contributed by atoms with Gasteiger partial charge >= 0.3 is 0 Å². The fraction of sp³-hybridized carbons (Fsp3) is 0.318. The molecule has 138 valence electrons. The number of hydrogen-bond acceptors (Lipinski definition) is 4. The molecule has 1 aliphatic rings. The molecule has 4 nitrogen and oxygen atoms in total. The standard InChI is InChI=1S/C22H23N3OS/c1-2-6-18(7-3-1)19-16-25-20-9-8-17(15-21(20)27-22(25)23-19)5-4-10-24-11-13-26-14-12-24/h1-3,6-9,15-16H,4-5,10-14H2. The van der Waals surface area contributed by atoms with Crippen molar-refractivity contribution in [3.8, 4) is 11.3 Å². The van der Waals surface area contributed by atoms with E-state index in [9.17, 15) is 0 Å². The zero-order chi connectivity index (χ0) is 18.1. The maximum absolute atomic E-state index is 5.42. The highest BCUT2D eigenvalue weighted by atomic mass is 32.1. The van der Waals surface area contributed by atoms with E-state index in [0.29, 0.717) is 0 Å². The molecule has 0 spiro atoms. The van der Waals surface area contributed by atoms with Gasteiger partial charge in [0.2, 0.25) is 0 Å². The van der Waals surface area contributed by atoms with E-state index in [4.69, 9.17) is 9.72 Å². The normalized spacial score (nSPS) is 15.7. The van der Waals surface area contributed by atoms with E-state index in [1.807, 2.05) is 6.07 Å². The lowest BCUT2D eigenvalue weighted by atomic mass is 10.1. The zero-order valence-corrected chi connectivity index (χ0v) is 16.1. The van der Waals surface area contributed by atoms with Crippen molar-refractivity contribution in [1.29, 1.82) is 0 Å². The molecule has 27 heavy (non-hydrogen) atoms. The Morgan fingerprint density at radius 3 is 2.74 bits per heavy atom. The summed E-state index contributed by atoms with van der Waals surface area (Å²) in [7, 11) is 0. The number of aromatic nitrogens is 2. The van der Waals surface area contributed by atoms with Crippen molar-refractivity contribution >= 4 is 26.5 Å². The van der Waals surface area contributed by atoms with E-state index in [-0.39, 0.29) is 0 Å². The van der Waals surface area contributed by atoms with Crippen LogP contribution >= 0.6 is 11.3 Å². The molecule has 0 saturated carbocycles. The molecular weight excluding hydrogens is 354 g/mol. The van der Waals surface area contributed by atoms with Gasteiger partial charge in [-0.25, -0.2) is 4.98 Å². The average Bonchev–Trinajstić information content (AvgIpc) is 3.27. The second-order valence-electron chi connectivity index (χ2n) is 7.11. The molecule has 5 rings (SSSR count). The number of benzene rings is 2. The van der Waals surface area contributed by atoms with E-state index in [1.54, 1.807) is 11.3 Å². The van der Waals surface area contributed by atoms with Crippen LogP contribution in [0.3, 0.4) is 0 Å². The van der Waals surface area contributed by atoms with Gasteiger partial charge in [0, 0.05) is 24.8 Å². The van der Waals surface area contributed by atoms with E-state index in [2.05, 4.69) is 58.0 Å². The third kappa shape index (κ3) is 3.50. The van der Waals surface area contributed by atoms with Gasteiger partial charge in [-0.1, -0.05) is 47.7 Å². The molecule has 1 saturated heterocycles. The predicted octanol–water partition coefficient (Wildman–Crippen LogP) is 4.48. The molecule has 5 heteroatoms. The van der Waals surface area contributed by atoms with Gasteiger partial charge in [-0.15, -0.1) is 0 Å². The van der Waals surface area contributed by atoms with Crippen molar-refractivity contribution in [2.24, 2.45) is 0 Å². The molecule has 0 radical (unpaired) electrons. The Labute approximate surface area is 163 Å². The molecule has 2 aromatic heterocycles. The van der Waals surface area contributed by atoms with Crippen LogP contribution in [0.2, 0.25) is 0 Å². The summed E-state index contributed by atoms with van der Waals surface area (Å²) in [6.07, 6.45) is 4.48. The molecule has 0 amide bonds. The summed E-state index contributed by atoms with van der Waals surface area (Å²) in [5.74, 6) is 0. The summed E-state index contributed by atoms with van der Waals surface area (Å²) < 4.78 is 8.96. The average molecular weight is 378 g/mol. The van der Waals surface area contributed by atoms with Crippen LogP contribution in [-0.2, 0) is 11.2 Å². The first-order valence-corrected chi connectivity index (χ1v) is 10.4. The molecule has 2 aromatic carbocycles. The van der Waals surface area contributed by atoms with Crippen molar-refractivity contribution in [3.63, 3.8) is 0 Å². The van der Waals surface area contributed by atoms with Crippen LogP contribution in [0.4, 0.5) is 0 Å². The van der Waals surface area contributed by atoms with Gasteiger partial charge in [-0.05, 0) is 37.1 Å². The van der Waals surface area contributed by atoms with Gasteiger partial charge in [0.15, 0.2) is 4.96 Å². The lowest BCUT2D eigenvalue weighted by molar-refractivity contribution is 0.0375. The lowest BCUT2D eigenvalue weighted by Gasteiger charge is -2.26. The minimum atomic E-state index is 0.881. The minimum absolute atomic E-state index is 0.881. The molecule has 3 heterocycles. The number of fused-ring (bicyclic) bond motifs is 3. The Kier molecular flexibility index (Phi) is 4.66. The largest absolute Gasteiger partial charge is 0.379 e. The minimum Gasteiger partial charge on any atom is -0.379 e. The van der Waals surface area contributed by atoms with Crippen LogP contribution in [0, 0.1) is 0 Å². The van der Waals surface area contributed by atoms with Crippen molar-refractivity contribution in [1.82, 2.24) is 14.3 Å². The zero-order valence-electron chi connectivity index (χ0n) is 15.3. The third-order valence-corrected chi connectivity index (χ3v) is 6.29. The summed E-state index contributed by atoms with van der Waals surface area (Å²) in [5, 5.41) is 0. The molecular formula is C22H23N3OS. The summed E-state index contributed by atoms with van der Waals surface area (Å²) in [6, 6.07) is 17.3. The second-order valence-corrected chi connectivity index (χ2v) is 8.12. The topological polar surface area (TPSA) is 29.8 Å².